The second-order valence-electron chi connectivity index (χ2n) is 4.52. The van der Waals surface area contributed by atoms with Gasteiger partial charge < -0.3 is 10.1 Å². The Morgan fingerprint density at radius 1 is 1.24 bits per heavy atom. The minimum absolute atomic E-state index is 0.267. The van der Waals surface area contributed by atoms with E-state index in [0.717, 1.165) is 11.3 Å². The van der Waals surface area contributed by atoms with Crippen LogP contribution in [0.15, 0.2) is 41.2 Å². The third-order valence-electron chi connectivity index (χ3n) is 3.20. The summed E-state index contributed by atoms with van der Waals surface area (Å²) in [6.45, 7) is 1.63. The molecular weight excluding hydrogens is 270 g/mol. The molecule has 1 N–H and O–H groups in total. The third kappa shape index (κ3) is 3.10. The Hall–Kier alpha value is -2.63. The molecule has 110 valence electrons. The molecule has 0 aliphatic carbocycles. The first-order valence-corrected chi connectivity index (χ1v) is 6.52. The van der Waals surface area contributed by atoms with Gasteiger partial charge in [-0.3, -0.25) is 9.59 Å². The second-order valence-corrected chi connectivity index (χ2v) is 4.52. The van der Waals surface area contributed by atoms with Crippen molar-refractivity contribution < 1.29 is 9.53 Å². The predicted molar refractivity (Wildman–Crippen MR) is 79.3 cm³/mol. The number of benzene rings is 1. The molecule has 6 nitrogen and oxygen atoms in total. The van der Waals surface area contributed by atoms with Crippen molar-refractivity contribution in [1.29, 1.82) is 0 Å². The van der Waals surface area contributed by atoms with E-state index in [4.69, 9.17) is 4.74 Å². The van der Waals surface area contributed by atoms with Crippen molar-refractivity contribution in [3.8, 4) is 17.0 Å². The van der Waals surface area contributed by atoms with Gasteiger partial charge in [0, 0.05) is 18.7 Å². The fraction of sp³-hybridized carbons (Fsp3) is 0.267. The summed E-state index contributed by atoms with van der Waals surface area (Å²) in [4.78, 5) is 23.5. The van der Waals surface area contributed by atoms with E-state index in [9.17, 15) is 9.59 Å². The van der Waals surface area contributed by atoms with E-state index in [1.165, 1.54) is 17.8 Å². The van der Waals surface area contributed by atoms with Crippen LogP contribution in [-0.2, 0) is 4.79 Å². The molecule has 2 aromatic rings. The van der Waals surface area contributed by atoms with Gasteiger partial charge in [0.2, 0.25) is 5.91 Å². The lowest BCUT2D eigenvalue weighted by Crippen LogP contribution is -2.35. The molecule has 0 saturated carbocycles. The smallest absolute Gasteiger partial charge is 0.267 e. The predicted octanol–water partition coefficient (Wildman–Crippen LogP) is 1.23. The molecule has 6 heteroatoms. The Labute approximate surface area is 122 Å². The lowest BCUT2D eigenvalue weighted by Gasteiger charge is -2.13. The monoisotopic (exact) mass is 287 g/mol. The van der Waals surface area contributed by atoms with Crippen LogP contribution < -0.4 is 15.6 Å². The molecular formula is C15H17N3O3. The van der Waals surface area contributed by atoms with Crippen molar-refractivity contribution in [2.45, 2.75) is 13.0 Å². The molecule has 1 heterocycles. The number of rotatable bonds is 4. The molecule has 2 rings (SSSR count). The molecule has 0 aliphatic rings. The molecule has 1 unspecified atom stereocenters. The van der Waals surface area contributed by atoms with E-state index < -0.39 is 6.04 Å². The summed E-state index contributed by atoms with van der Waals surface area (Å²) in [5.74, 6) is 0.474. The van der Waals surface area contributed by atoms with Crippen molar-refractivity contribution in [2.75, 3.05) is 14.2 Å². The average Bonchev–Trinajstić information content (AvgIpc) is 2.54. The van der Waals surface area contributed by atoms with Crippen LogP contribution in [0.3, 0.4) is 0 Å². The minimum atomic E-state index is -0.666. The number of methoxy groups -OCH3 is 1. The van der Waals surface area contributed by atoms with Gasteiger partial charge in [0.25, 0.3) is 5.56 Å². The van der Waals surface area contributed by atoms with Crippen LogP contribution in [0.2, 0.25) is 0 Å². The Balaban J connectivity index is 2.42. The van der Waals surface area contributed by atoms with Crippen LogP contribution in [0.4, 0.5) is 0 Å². The number of carbonyl (C=O) groups is 1. The summed E-state index contributed by atoms with van der Waals surface area (Å²) < 4.78 is 6.28. The summed E-state index contributed by atoms with van der Waals surface area (Å²) in [5.41, 5.74) is 1.14. The van der Waals surface area contributed by atoms with E-state index in [1.54, 1.807) is 20.1 Å². The van der Waals surface area contributed by atoms with Gasteiger partial charge in [0.05, 0.1) is 12.8 Å². The van der Waals surface area contributed by atoms with E-state index in [-0.39, 0.29) is 11.5 Å². The Bertz CT molecular complexity index is 692. The Kier molecular flexibility index (Phi) is 4.37. The summed E-state index contributed by atoms with van der Waals surface area (Å²) in [7, 11) is 3.12. The molecule has 1 aromatic carbocycles. The Morgan fingerprint density at radius 2 is 1.90 bits per heavy atom. The molecule has 1 aromatic heterocycles. The van der Waals surface area contributed by atoms with Gasteiger partial charge in [-0.2, -0.15) is 5.10 Å². The van der Waals surface area contributed by atoms with Gasteiger partial charge >= 0.3 is 0 Å². The molecule has 1 amide bonds. The van der Waals surface area contributed by atoms with Crippen molar-refractivity contribution in [1.82, 2.24) is 15.1 Å². The third-order valence-corrected chi connectivity index (χ3v) is 3.20. The molecule has 0 saturated heterocycles. The molecule has 0 radical (unpaired) electrons. The number of hydrogen-bond acceptors (Lipinski definition) is 4. The lowest BCUT2D eigenvalue weighted by molar-refractivity contribution is -0.123. The zero-order chi connectivity index (χ0) is 15.4. The summed E-state index contributed by atoms with van der Waals surface area (Å²) in [6.07, 6.45) is 0. The quantitative estimate of drug-likeness (QED) is 0.918. The first-order valence-electron chi connectivity index (χ1n) is 6.52. The van der Waals surface area contributed by atoms with E-state index in [0.29, 0.717) is 5.69 Å². The topological polar surface area (TPSA) is 73.2 Å². The number of nitrogens with zero attached hydrogens (tertiary/aromatic N) is 2. The fourth-order valence-corrected chi connectivity index (χ4v) is 1.94. The first-order chi connectivity index (χ1) is 10.1. The summed E-state index contributed by atoms with van der Waals surface area (Å²) >= 11 is 0. The largest absolute Gasteiger partial charge is 0.497 e. The van der Waals surface area contributed by atoms with Crippen LogP contribution >= 0.6 is 0 Å². The van der Waals surface area contributed by atoms with Crippen molar-refractivity contribution in [3.05, 3.63) is 46.8 Å². The lowest BCUT2D eigenvalue weighted by atomic mass is 10.1. The Morgan fingerprint density at radius 3 is 2.48 bits per heavy atom. The maximum Gasteiger partial charge on any atom is 0.267 e. The zero-order valence-electron chi connectivity index (χ0n) is 12.2. The minimum Gasteiger partial charge on any atom is -0.497 e. The fourth-order valence-electron chi connectivity index (χ4n) is 1.94. The maximum atomic E-state index is 11.9. The summed E-state index contributed by atoms with van der Waals surface area (Å²) in [6, 6.07) is 9.70. The van der Waals surface area contributed by atoms with E-state index in [2.05, 4.69) is 10.4 Å². The number of aromatic nitrogens is 2. The van der Waals surface area contributed by atoms with Gasteiger partial charge in [0.15, 0.2) is 0 Å². The van der Waals surface area contributed by atoms with Gasteiger partial charge in [-0.1, -0.05) is 0 Å². The van der Waals surface area contributed by atoms with Gasteiger partial charge in [-0.25, -0.2) is 4.68 Å². The highest BCUT2D eigenvalue weighted by molar-refractivity contribution is 5.79. The molecule has 21 heavy (non-hydrogen) atoms. The maximum absolute atomic E-state index is 11.9. The zero-order valence-corrected chi connectivity index (χ0v) is 12.2. The number of nitrogens with one attached hydrogen (secondary N) is 1. The molecule has 0 aliphatic heterocycles. The van der Waals surface area contributed by atoms with Crippen LogP contribution in [0, 0.1) is 0 Å². The van der Waals surface area contributed by atoms with Crippen LogP contribution in [-0.4, -0.2) is 29.8 Å². The number of carbonyl (C=O) groups excluding carboxylic acids is 1. The van der Waals surface area contributed by atoms with E-state index >= 15 is 0 Å². The van der Waals surface area contributed by atoms with Gasteiger partial charge in [-0.15, -0.1) is 0 Å². The SMILES string of the molecule is CNC(=O)C(C)n1nc(-c2ccc(OC)cc2)ccc1=O. The highest BCUT2D eigenvalue weighted by atomic mass is 16.5. The molecule has 1 atom stereocenters. The molecule has 0 bridgehead atoms. The molecule has 0 spiro atoms. The highest BCUT2D eigenvalue weighted by Gasteiger charge is 2.16. The average molecular weight is 287 g/mol. The van der Waals surface area contributed by atoms with Crippen LogP contribution in [0.5, 0.6) is 5.75 Å². The van der Waals surface area contributed by atoms with Crippen LogP contribution in [0.25, 0.3) is 11.3 Å². The van der Waals surface area contributed by atoms with Crippen LogP contribution in [0.1, 0.15) is 13.0 Å². The second kappa shape index (κ2) is 6.21. The first kappa shape index (κ1) is 14.8. The number of ether oxygens (including phenoxy) is 1. The highest BCUT2D eigenvalue weighted by Crippen LogP contribution is 2.19. The summed E-state index contributed by atoms with van der Waals surface area (Å²) in [5, 5.41) is 6.78. The molecule has 0 fully saturated rings. The van der Waals surface area contributed by atoms with E-state index in [1.807, 2.05) is 24.3 Å². The number of hydrogen-bond donors (Lipinski definition) is 1. The van der Waals surface area contributed by atoms with Crippen molar-refractivity contribution in [3.63, 3.8) is 0 Å². The van der Waals surface area contributed by atoms with Gasteiger partial charge in [-0.05, 0) is 37.3 Å². The number of likely N-dealkylation sites (N-methyl/N-ethyl adjacent to an activating group) is 1. The van der Waals surface area contributed by atoms with Gasteiger partial charge in [0.1, 0.15) is 11.8 Å². The van der Waals surface area contributed by atoms with Crippen molar-refractivity contribution >= 4 is 5.91 Å². The number of amides is 1. The van der Waals surface area contributed by atoms with Crippen molar-refractivity contribution in [2.24, 2.45) is 0 Å². The normalized spacial score (nSPS) is 11.8. The standard InChI is InChI=1S/C15H17N3O3/c1-10(15(20)16-2)18-14(19)9-8-13(17-18)11-4-6-12(21-3)7-5-11/h4-10H,1-3H3,(H,16,20).